The van der Waals surface area contributed by atoms with Crippen LogP contribution in [0.3, 0.4) is 0 Å². The number of nitrogens with zero attached hydrogens (tertiary/aromatic N) is 2. The summed E-state index contributed by atoms with van der Waals surface area (Å²) in [6.07, 6.45) is 4.82. The Labute approximate surface area is 148 Å². The van der Waals surface area contributed by atoms with E-state index in [1.54, 1.807) is 6.20 Å². The van der Waals surface area contributed by atoms with Crippen LogP contribution in [0.25, 0.3) is 32.9 Å². The second-order valence-electron chi connectivity index (χ2n) is 4.64. The first-order chi connectivity index (χ1) is 9.92. The van der Waals surface area contributed by atoms with Crippen molar-refractivity contribution in [1.82, 2.24) is 9.97 Å². The molecule has 97 valence electrons. The molecular weight excluding hydrogens is 333 g/mol. The maximum atomic E-state index is 4.40. The van der Waals surface area contributed by atoms with Crippen LogP contribution in [0.2, 0.25) is 0 Å². The second-order valence-corrected chi connectivity index (χ2v) is 4.64. The zero-order valence-corrected chi connectivity index (χ0v) is 14.1. The molecule has 21 heavy (non-hydrogen) atoms. The van der Waals surface area contributed by atoms with E-state index in [1.165, 1.54) is 0 Å². The van der Waals surface area contributed by atoms with Crippen LogP contribution in [0.1, 0.15) is 0 Å². The van der Waals surface area contributed by atoms with Crippen molar-refractivity contribution in [3.8, 4) is 11.1 Å². The van der Waals surface area contributed by atoms with Gasteiger partial charge in [-0.3, -0.25) is 10.5 Å². The molecule has 2 heterocycles. The summed E-state index contributed by atoms with van der Waals surface area (Å²) < 4.78 is 0. The molecule has 3 heteroatoms. The van der Waals surface area contributed by atoms with Gasteiger partial charge in [-0.15, -0.1) is 17.6 Å². The molecule has 0 N–H and O–H groups in total. The molecule has 0 saturated carbocycles. The van der Waals surface area contributed by atoms with Crippen LogP contribution < -0.4 is 0 Å². The Hall–Kier alpha value is -1.64. The van der Waals surface area contributed by atoms with Gasteiger partial charge in [-0.05, 0) is 17.8 Å². The molecule has 2 aromatic heterocycles. The molecule has 0 aliphatic rings. The molecule has 0 amide bonds. The molecule has 4 rings (SSSR count). The van der Waals surface area contributed by atoms with E-state index in [9.17, 15) is 0 Å². The van der Waals surface area contributed by atoms with Crippen molar-refractivity contribution in [2.24, 2.45) is 0 Å². The van der Waals surface area contributed by atoms with Crippen LogP contribution in [-0.4, -0.2) is 9.97 Å². The maximum absolute atomic E-state index is 4.40. The van der Waals surface area contributed by atoms with Crippen LogP contribution in [0.4, 0.5) is 0 Å². The van der Waals surface area contributed by atoms with Crippen molar-refractivity contribution >= 4 is 21.8 Å². The van der Waals surface area contributed by atoms with Gasteiger partial charge in [0.15, 0.2) is 0 Å². The molecule has 4 aromatic rings. The Morgan fingerprint density at radius 3 is 2.52 bits per heavy atom. The largest absolute Gasteiger partial charge is 0.366 e. The van der Waals surface area contributed by atoms with Gasteiger partial charge >= 0.3 is 0 Å². The minimum atomic E-state index is 0. The average Bonchev–Trinajstić information content (AvgIpc) is 2.54. The Morgan fingerprint density at radius 2 is 1.62 bits per heavy atom. The fraction of sp³-hybridized carbons (Fsp3) is 0. The Kier molecular flexibility index (Phi) is 4.09. The van der Waals surface area contributed by atoms with Gasteiger partial charge in [0.05, 0.1) is 0 Å². The van der Waals surface area contributed by atoms with Gasteiger partial charge in [0.2, 0.25) is 0 Å². The van der Waals surface area contributed by atoms with Gasteiger partial charge in [0, 0.05) is 38.2 Å². The van der Waals surface area contributed by atoms with Crippen LogP contribution in [0.15, 0.2) is 60.8 Å². The van der Waals surface area contributed by atoms with E-state index in [4.69, 9.17) is 0 Å². The van der Waals surface area contributed by atoms with E-state index >= 15 is 0 Å². The SMILES string of the molecule is [Y].[c-]1nc2ccccc2cc1-c1[c-]cnc2ccccc12. The predicted molar refractivity (Wildman–Crippen MR) is 80.2 cm³/mol. The number of fused-ring (bicyclic) bond motifs is 2. The molecule has 0 atom stereocenters. The van der Waals surface area contributed by atoms with E-state index in [0.29, 0.717) is 0 Å². The number of hydrogen-bond donors (Lipinski definition) is 0. The number of rotatable bonds is 1. The molecule has 0 unspecified atom stereocenters. The number of hydrogen-bond acceptors (Lipinski definition) is 2. The van der Waals surface area contributed by atoms with Gasteiger partial charge < -0.3 is 4.98 Å². The standard InChI is InChI=1S/C18H10N2.Y/c1-3-7-17-13(5-1)11-14(12-20-17)15-9-10-19-18-8-4-2-6-16(15)18;/h1-8,10-11H;/q-2;. The van der Waals surface area contributed by atoms with E-state index in [-0.39, 0.29) is 32.7 Å². The van der Waals surface area contributed by atoms with Crippen LogP contribution >= 0.6 is 0 Å². The molecule has 2 aromatic carbocycles. The van der Waals surface area contributed by atoms with E-state index in [1.807, 2.05) is 36.4 Å². The minimum Gasteiger partial charge on any atom is -0.366 e. The van der Waals surface area contributed by atoms with E-state index in [2.05, 4.69) is 40.4 Å². The van der Waals surface area contributed by atoms with Crippen LogP contribution in [0, 0.1) is 12.3 Å². The second kappa shape index (κ2) is 6.01. The summed E-state index contributed by atoms with van der Waals surface area (Å²) in [4.78, 5) is 8.74. The van der Waals surface area contributed by atoms with Crippen LogP contribution in [0.5, 0.6) is 0 Å². The fourth-order valence-corrected chi connectivity index (χ4v) is 2.41. The van der Waals surface area contributed by atoms with Gasteiger partial charge in [0.1, 0.15) is 0 Å². The van der Waals surface area contributed by atoms with E-state index < -0.39 is 0 Å². The maximum Gasteiger partial charge on any atom is 0.00545 e. The fourth-order valence-electron chi connectivity index (χ4n) is 2.41. The molecular formula is C18H10N2Y-2. The van der Waals surface area contributed by atoms with Crippen molar-refractivity contribution in [3.05, 3.63) is 73.1 Å². The minimum absolute atomic E-state index is 0. The molecule has 0 fully saturated rings. The van der Waals surface area contributed by atoms with E-state index in [0.717, 1.165) is 32.9 Å². The first-order valence-corrected chi connectivity index (χ1v) is 6.45. The monoisotopic (exact) mass is 343 g/mol. The summed E-state index contributed by atoms with van der Waals surface area (Å²) in [5.41, 5.74) is 3.86. The first kappa shape index (κ1) is 14.3. The molecule has 0 bridgehead atoms. The molecule has 0 aliphatic carbocycles. The van der Waals surface area contributed by atoms with Gasteiger partial charge in [-0.2, -0.15) is 6.07 Å². The topological polar surface area (TPSA) is 25.8 Å². The Balaban J connectivity index is 0.00000132. The molecule has 0 saturated heterocycles. The third-order valence-corrected chi connectivity index (χ3v) is 3.39. The molecule has 2 nitrogen and oxygen atoms in total. The van der Waals surface area contributed by atoms with Crippen molar-refractivity contribution < 1.29 is 32.7 Å². The van der Waals surface area contributed by atoms with Crippen molar-refractivity contribution in [3.63, 3.8) is 0 Å². The van der Waals surface area contributed by atoms with Crippen LogP contribution in [-0.2, 0) is 32.7 Å². The summed E-state index contributed by atoms with van der Waals surface area (Å²) in [5.74, 6) is 0. The predicted octanol–water partition coefficient (Wildman–Crippen LogP) is 4.05. The molecule has 0 spiro atoms. The summed E-state index contributed by atoms with van der Waals surface area (Å²) in [6, 6.07) is 21.4. The Bertz CT molecular complexity index is 913. The molecule has 0 aliphatic heterocycles. The summed E-state index contributed by atoms with van der Waals surface area (Å²) in [7, 11) is 0. The first-order valence-electron chi connectivity index (χ1n) is 6.45. The smallest absolute Gasteiger partial charge is 0.00545 e. The number of pyridine rings is 2. The summed E-state index contributed by atoms with van der Waals surface area (Å²) in [6.45, 7) is 0. The summed E-state index contributed by atoms with van der Waals surface area (Å²) >= 11 is 0. The van der Waals surface area contributed by atoms with Gasteiger partial charge in [-0.25, -0.2) is 11.6 Å². The number of aromatic nitrogens is 2. The summed E-state index contributed by atoms with van der Waals surface area (Å²) in [5, 5.41) is 2.18. The third-order valence-electron chi connectivity index (χ3n) is 3.39. The van der Waals surface area contributed by atoms with Gasteiger partial charge in [0.25, 0.3) is 0 Å². The number of para-hydroxylation sites is 2. The quantitative estimate of drug-likeness (QED) is 0.488. The number of benzene rings is 2. The Morgan fingerprint density at radius 1 is 0.857 bits per heavy atom. The third kappa shape index (κ3) is 2.62. The zero-order chi connectivity index (χ0) is 13.4. The average molecular weight is 343 g/mol. The van der Waals surface area contributed by atoms with Gasteiger partial charge in [-0.1, -0.05) is 41.8 Å². The van der Waals surface area contributed by atoms with Crippen molar-refractivity contribution in [2.75, 3.05) is 0 Å². The van der Waals surface area contributed by atoms with Crippen molar-refractivity contribution in [2.45, 2.75) is 0 Å². The van der Waals surface area contributed by atoms with Crippen molar-refractivity contribution in [1.29, 1.82) is 0 Å². The zero-order valence-electron chi connectivity index (χ0n) is 11.2. The normalized spacial score (nSPS) is 10.5. The molecule has 1 radical (unpaired) electrons.